The number of ether oxygens (including phenoxy) is 3. The van der Waals surface area contributed by atoms with Gasteiger partial charge in [0.25, 0.3) is 0 Å². The Balaban J connectivity index is 1.90. The summed E-state index contributed by atoms with van der Waals surface area (Å²) < 4.78 is 15.1. The summed E-state index contributed by atoms with van der Waals surface area (Å²) in [7, 11) is 2.56. The van der Waals surface area contributed by atoms with Crippen molar-refractivity contribution in [3.05, 3.63) is 35.5 Å². The highest BCUT2D eigenvalue weighted by Crippen LogP contribution is 2.29. The summed E-state index contributed by atoms with van der Waals surface area (Å²) in [5.41, 5.74) is 2.21. The minimum absolute atomic E-state index is 0.0110. The summed E-state index contributed by atoms with van der Waals surface area (Å²) in [6, 6.07) is 7.88. The second-order valence-corrected chi connectivity index (χ2v) is 7.06. The van der Waals surface area contributed by atoms with Crippen LogP contribution in [0, 0.1) is 0 Å². The van der Waals surface area contributed by atoms with E-state index in [2.05, 4.69) is 4.90 Å². The van der Waals surface area contributed by atoms with Gasteiger partial charge in [-0.15, -0.1) is 0 Å². The van der Waals surface area contributed by atoms with Crippen LogP contribution < -0.4 is 9.80 Å². The van der Waals surface area contributed by atoms with Crippen molar-refractivity contribution in [3.63, 3.8) is 0 Å². The summed E-state index contributed by atoms with van der Waals surface area (Å²) in [5, 5.41) is 0. The highest BCUT2D eigenvalue weighted by Gasteiger charge is 2.32. The van der Waals surface area contributed by atoms with E-state index in [1.807, 2.05) is 36.0 Å². The Morgan fingerprint density at radius 3 is 2.23 bits per heavy atom. The van der Waals surface area contributed by atoms with Gasteiger partial charge in [0.2, 0.25) is 0 Å². The zero-order valence-electron chi connectivity index (χ0n) is 14.9. The fraction of sp³-hybridized carbons (Fsp3) is 0.444. The van der Waals surface area contributed by atoms with E-state index in [0.29, 0.717) is 0 Å². The highest BCUT2D eigenvalue weighted by atomic mass is 32.2. The van der Waals surface area contributed by atoms with Crippen LogP contribution in [0.4, 0.5) is 11.4 Å². The molecule has 140 valence electrons. The van der Waals surface area contributed by atoms with Gasteiger partial charge in [-0.2, -0.15) is 11.8 Å². The molecule has 0 atom stereocenters. The standard InChI is InChI=1S/C18H22N2O5S/c1-23-17(21)15-11-25-12-20(16(15)18(22)24-2)14-5-3-13(4-6-14)19-7-9-26-10-8-19/h3-6H,7-12H2,1-2H3. The van der Waals surface area contributed by atoms with Gasteiger partial charge in [-0.3, -0.25) is 0 Å². The van der Waals surface area contributed by atoms with Crippen LogP contribution in [0.25, 0.3) is 0 Å². The van der Waals surface area contributed by atoms with Gasteiger partial charge in [-0.05, 0) is 24.3 Å². The Hall–Kier alpha value is -2.19. The lowest BCUT2D eigenvalue weighted by Crippen LogP contribution is -2.38. The lowest BCUT2D eigenvalue weighted by Gasteiger charge is -2.32. The maximum absolute atomic E-state index is 12.3. The molecule has 1 aromatic carbocycles. The van der Waals surface area contributed by atoms with Crippen LogP contribution in [-0.4, -0.2) is 64.1 Å². The van der Waals surface area contributed by atoms with Gasteiger partial charge in [-0.1, -0.05) is 0 Å². The molecule has 2 aliphatic rings. The minimum Gasteiger partial charge on any atom is -0.466 e. The van der Waals surface area contributed by atoms with E-state index in [0.717, 1.165) is 36.0 Å². The van der Waals surface area contributed by atoms with Crippen LogP contribution in [0.15, 0.2) is 35.5 Å². The first-order valence-electron chi connectivity index (χ1n) is 8.33. The first kappa shape index (κ1) is 18.6. The van der Waals surface area contributed by atoms with E-state index in [4.69, 9.17) is 14.2 Å². The van der Waals surface area contributed by atoms with Crippen molar-refractivity contribution in [1.82, 2.24) is 0 Å². The van der Waals surface area contributed by atoms with E-state index in [-0.39, 0.29) is 24.6 Å². The number of hydrogen-bond acceptors (Lipinski definition) is 8. The molecular formula is C18H22N2O5S. The first-order chi connectivity index (χ1) is 12.7. The number of esters is 2. The molecule has 0 radical (unpaired) electrons. The van der Waals surface area contributed by atoms with E-state index in [1.165, 1.54) is 14.2 Å². The third-order valence-electron chi connectivity index (χ3n) is 4.37. The van der Waals surface area contributed by atoms with Crippen LogP contribution in [0.1, 0.15) is 0 Å². The second-order valence-electron chi connectivity index (χ2n) is 5.83. The van der Waals surface area contributed by atoms with Crippen molar-refractivity contribution >= 4 is 35.1 Å². The second kappa shape index (κ2) is 8.46. The van der Waals surface area contributed by atoms with Gasteiger partial charge in [0.15, 0.2) is 0 Å². The molecule has 1 aromatic rings. The van der Waals surface area contributed by atoms with Crippen molar-refractivity contribution in [2.24, 2.45) is 0 Å². The molecule has 0 saturated carbocycles. The molecule has 7 nitrogen and oxygen atoms in total. The van der Waals surface area contributed by atoms with Crippen LogP contribution in [0.5, 0.6) is 0 Å². The van der Waals surface area contributed by atoms with Crippen molar-refractivity contribution in [3.8, 4) is 0 Å². The van der Waals surface area contributed by atoms with Crippen LogP contribution in [0.2, 0.25) is 0 Å². The molecule has 3 rings (SSSR count). The molecule has 0 N–H and O–H groups in total. The van der Waals surface area contributed by atoms with Gasteiger partial charge in [0.05, 0.1) is 26.4 Å². The average molecular weight is 378 g/mol. The first-order valence-corrected chi connectivity index (χ1v) is 9.49. The number of anilines is 2. The predicted octanol–water partition coefficient (Wildman–Crippen LogP) is 1.63. The Labute approximate surface area is 156 Å². The number of carbonyl (C=O) groups is 2. The molecule has 0 amide bonds. The molecule has 2 aliphatic heterocycles. The van der Waals surface area contributed by atoms with Crippen LogP contribution >= 0.6 is 11.8 Å². The molecule has 0 spiro atoms. The Morgan fingerprint density at radius 1 is 1.00 bits per heavy atom. The third kappa shape index (κ3) is 3.81. The molecule has 0 bridgehead atoms. The monoisotopic (exact) mass is 378 g/mol. The highest BCUT2D eigenvalue weighted by molar-refractivity contribution is 7.99. The van der Waals surface area contributed by atoms with Gasteiger partial charge in [0.1, 0.15) is 12.4 Å². The quantitative estimate of drug-likeness (QED) is 0.733. The van der Waals surface area contributed by atoms with Crippen molar-refractivity contribution in [2.45, 2.75) is 0 Å². The fourth-order valence-corrected chi connectivity index (χ4v) is 3.92. The minimum atomic E-state index is -0.600. The number of methoxy groups -OCH3 is 2. The number of nitrogens with zero attached hydrogens (tertiary/aromatic N) is 2. The molecule has 2 heterocycles. The van der Waals surface area contributed by atoms with E-state index < -0.39 is 11.9 Å². The SMILES string of the molecule is COC(=O)C1=C(C(=O)OC)N(c2ccc(N3CCSCC3)cc2)COC1. The largest absolute Gasteiger partial charge is 0.466 e. The number of carbonyl (C=O) groups excluding carboxylic acids is 2. The van der Waals surface area contributed by atoms with Crippen molar-refractivity contribution in [1.29, 1.82) is 0 Å². The average Bonchev–Trinajstić information content (AvgIpc) is 2.72. The van der Waals surface area contributed by atoms with Crippen molar-refractivity contribution in [2.75, 3.05) is 62.0 Å². The molecule has 1 fully saturated rings. The maximum atomic E-state index is 12.3. The molecule has 0 unspecified atom stereocenters. The van der Waals surface area contributed by atoms with Gasteiger partial charge in [-0.25, -0.2) is 9.59 Å². The molecular weight excluding hydrogens is 356 g/mol. The molecule has 8 heteroatoms. The Morgan fingerprint density at radius 2 is 1.62 bits per heavy atom. The molecule has 0 aromatic heterocycles. The molecule has 0 aliphatic carbocycles. The molecule has 1 saturated heterocycles. The smallest absolute Gasteiger partial charge is 0.355 e. The van der Waals surface area contributed by atoms with E-state index in [9.17, 15) is 9.59 Å². The summed E-state index contributed by atoms with van der Waals surface area (Å²) >= 11 is 1.96. The van der Waals surface area contributed by atoms with Gasteiger partial charge < -0.3 is 24.0 Å². The number of benzene rings is 1. The normalized spacial score (nSPS) is 17.9. The lowest BCUT2D eigenvalue weighted by molar-refractivity contribution is -0.140. The summed E-state index contributed by atoms with van der Waals surface area (Å²) in [6.07, 6.45) is 0. The maximum Gasteiger partial charge on any atom is 0.355 e. The zero-order chi connectivity index (χ0) is 18.5. The number of rotatable bonds is 4. The Kier molecular flexibility index (Phi) is 6.05. The summed E-state index contributed by atoms with van der Waals surface area (Å²) in [6.45, 7) is 2.22. The number of hydrogen-bond donors (Lipinski definition) is 0. The summed E-state index contributed by atoms with van der Waals surface area (Å²) in [5.74, 6) is 1.06. The fourth-order valence-electron chi connectivity index (χ4n) is 3.01. The molecule has 26 heavy (non-hydrogen) atoms. The zero-order valence-corrected chi connectivity index (χ0v) is 15.7. The van der Waals surface area contributed by atoms with Crippen LogP contribution in [-0.2, 0) is 23.8 Å². The summed E-state index contributed by atoms with van der Waals surface area (Å²) in [4.78, 5) is 28.3. The van der Waals surface area contributed by atoms with Crippen molar-refractivity contribution < 1.29 is 23.8 Å². The van der Waals surface area contributed by atoms with Gasteiger partial charge in [0, 0.05) is 36.0 Å². The predicted molar refractivity (Wildman–Crippen MR) is 100 cm³/mol. The number of thioether (sulfide) groups is 1. The van der Waals surface area contributed by atoms with Crippen LogP contribution in [0.3, 0.4) is 0 Å². The third-order valence-corrected chi connectivity index (χ3v) is 5.31. The lowest BCUT2D eigenvalue weighted by atomic mass is 10.1. The van der Waals surface area contributed by atoms with E-state index >= 15 is 0 Å². The topological polar surface area (TPSA) is 68.3 Å². The Bertz CT molecular complexity index is 698. The van der Waals surface area contributed by atoms with E-state index in [1.54, 1.807) is 4.90 Å². The van der Waals surface area contributed by atoms with Gasteiger partial charge >= 0.3 is 11.9 Å².